The molecule has 7 aromatic rings. The Morgan fingerprint density at radius 2 is 1.00 bits per heavy atom. The van der Waals surface area contributed by atoms with Gasteiger partial charge in [0.15, 0.2) is 34.4 Å². The molecular formula is C117H176BrF2KMgN10O12S2Si2SnTi. The summed E-state index contributed by atoms with van der Waals surface area (Å²) in [7, 11) is -4.13. The van der Waals surface area contributed by atoms with Gasteiger partial charge in [-0.1, -0.05) is 170 Å². The molecule has 12 rings (SSSR count). The van der Waals surface area contributed by atoms with E-state index in [4.69, 9.17) is 56.3 Å². The van der Waals surface area contributed by atoms with E-state index >= 15 is 0 Å². The number of aldehydes is 1. The number of carbonyl (C=O) groups excluding carboxylic acids is 4. The van der Waals surface area contributed by atoms with Crippen molar-refractivity contribution < 1.29 is 141 Å². The van der Waals surface area contributed by atoms with E-state index in [1.54, 1.807) is 184 Å². The minimum atomic E-state index is -2.04. The van der Waals surface area contributed by atoms with Gasteiger partial charge in [0.1, 0.15) is 20.3 Å². The van der Waals surface area contributed by atoms with Crippen molar-refractivity contribution >= 4 is 157 Å². The molecule has 0 bridgehead atoms. The van der Waals surface area contributed by atoms with Gasteiger partial charge in [-0.05, 0) is 275 Å². The molecule has 0 heterocycles. The molecule has 22 nitrogen and oxygen atoms in total. The molecule has 7 aromatic carbocycles. The van der Waals surface area contributed by atoms with Crippen molar-refractivity contribution in [2.24, 2.45) is 39.4 Å². The number of benzene rings is 7. The van der Waals surface area contributed by atoms with E-state index < -0.39 is 74.9 Å². The van der Waals surface area contributed by atoms with Crippen LogP contribution in [0.5, 0.6) is 0 Å². The maximum absolute atomic E-state index is 13.9. The van der Waals surface area contributed by atoms with Gasteiger partial charge < -0.3 is 46.9 Å². The number of aliphatic hydroxyl groups excluding tert-OH is 4. The number of allylic oxidation sites excluding steroid dienone is 2. The van der Waals surface area contributed by atoms with Crippen LogP contribution in [0.25, 0.3) is 14.5 Å². The Kier molecular flexibility index (Phi) is 87.1. The molecule has 3 atom stereocenters. The quantitative estimate of drug-likeness (QED) is 0.00392. The third-order valence-electron chi connectivity index (χ3n) is 22.1. The van der Waals surface area contributed by atoms with E-state index in [0.717, 1.165) is 79.0 Å². The van der Waals surface area contributed by atoms with Crippen LogP contribution >= 0.6 is 17.0 Å². The van der Waals surface area contributed by atoms with Gasteiger partial charge in [0.05, 0.1) is 85.7 Å². The van der Waals surface area contributed by atoms with E-state index in [1.807, 2.05) is 116 Å². The van der Waals surface area contributed by atoms with Crippen LogP contribution in [0.4, 0.5) is 37.2 Å². The van der Waals surface area contributed by atoms with E-state index in [-0.39, 0.29) is 183 Å². The fourth-order valence-electron chi connectivity index (χ4n) is 12.4. The monoisotopic (exact) mass is 2380 g/mol. The fourth-order valence-corrected chi connectivity index (χ4v) is 26.0. The van der Waals surface area contributed by atoms with Crippen molar-refractivity contribution in [3.63, 3.8) is 0 Å². The summed E-state index contributed by atoms with van der Waals surface area (Å²) in [5.41, 5.74) is 13.8. The number of Topliss-reactive ketones (excluding diaryl/α,β-unsaturated/α-hetero) is 2. The molecule has 0 radical (unpaired) electrons. The zero-order valence-corrected chi connectivity index (χ0v) is 110. The van der Waals surface area contributed by atoms with Crippen LogP contribution in [-0.2, 0) is 58.5 Å². The number of nitrogens with zero attached hydrogens (tertiary/aromatic N) is 7. The first kappa shape index (κ1) is 155. The molecule has 33 heteroatoms. The van der Waals surface area contributed by atoms with Gasteiger partial charge in [-0.3, -0.25) is 24.2 Å². The average Bonchev–Trinajstić information content (AvgIpc) is 1.54. The van der Waals surface area contributed by atoms with Gasteiger partial charge in [0.25, 0.3) is 0 Å². The van der Waals surface area contributed by atoms with Crippen LogP contribution in [0.2, 0.25) is 38.0 Å². The number of carbonyl (C=O) groups is 4. The first-order valence-electron chi connectivity index (χ1n) is 51.3. The molecule has 0 saturated heterocycles. The summed E-state index contributed by atoms with van der Waals surface area (Å²) in [4.78, 5) is 53.6. The second-order valence-corrected chi connectivity index (χ2v) is 63.3. The summed E-state index contributed by atoms with van der Waals surface area (Å²) in [5, 5.41) is 55.4. The van der Waals surface area contributed by atoms with E-state index in [0.29, 0.717) is 81.2 Å². The Balaban J connectivity index is -0.000000310. The molecule has 5 saturated carbocycles. The molecular weight excluding hydrogens is 2210 g/mol. The maximum Gasteiger partial charge on any atom is 2.00 e. The van der Waals surface area contributed by atoms with Crippen molar-refractivity contribution in [2.75, 3.05) is 17.3 Å². The molecule has 818 valence electrons. The Bertz CT molecular complexity index is 5340. The van der Waals surface area contributed by atoms with Gasteiger partial charge in [-0.25, -0.2) is 36.5 Å². The number of unbranched alkanes of at least 4 members (excludes halogenated alkanes) is 3. The number of hydrogen-bond donors (Lipinski definition) is 7. The predicted octanol–water partition coefficient (Wildman–Crippen LogP) is 25.7. The first-order chi connectivity index (χ1) is 67.9. The second kappa shape index (κ2) is 84.4. The molecule has 0 aromatic heterocycles. The Morgan fingerprint density at radius 3 is 1.37 bits per heavy atom. The van der Waals surface area contributed by atoms with Gasteiger partial charge in [-0.15, -0.1) is 23.0 Å². The number of anilines is 2. The van der Waals surface area contributed by atoms with Crippen molar-refractivity contribution in [3.05, 3.63) is 266 Å². The number of nitrogen functional groups attached to an aromatic ring is 1. The van der Waals surface area contributed by atoms with E-state index in [1.165, 1.54) is 109 Å². The molecule has 0 aliphatic heterocycles. The number of nitriles is 2. The van der Waals surface area contributed by atoms with Crippen molar-refractivity contribution in [3.8, 4) is 12.1 Å². The SMILES string of the molecule is Br.CC(C)(C)S(=O)NC(CCC1CC1)(c1cccc(C#N)c1)c1ccc(F)c(N)c1.CC(C)(C)[S@](N)=O.CC(C)(C)[Si](=O)N=C(CCC1CC1)c1cccc(C#N)c1.CC(C)O.CC(C)O.CC(C)O.CC(C)O.CCC[CH2][SnH]([CH2]CCC)[CH2]CCC.CN(c1c[c-]ccc1F)[Si](C)(C)C.O=CC1CC1.[C-]#[N+]c1cccc(C(=O)/C=C/C2CC2)c1.[C-]#[N+]c1cccc(C(=O)CCC2CC2)c1.[C-]#[N+]c1cccc(C(C)=O)c1.[H-].[K+].[Mg+2].[OH-].[Ti]. The number of ketones is 3. The number of hydrogen-bond acceptors (Lipinski definition) is 16. The third kappa shape index (κ3) is 75.9. The molecule has 0 amide bonds. The third-order valence-corrected chi connectivity index (χ3v) is 39.5. The average molecular weight is 2380 g/mol. The molecule has 0 spiro atoms. The van der Waals surface area contributed by atoms with Gasteiger partial charge in [0, 0.05) is 91.7 Å². The van der Waals surface area contributed by atoms with Crippen LogP contribution in [0.1, 0.15) is 347 Å². The zero-order chi connectivity index (χ0) is 110. The minimum absolute atomic E-state index is 0. The Hall–Kier alpha value is -5.81. The Labute approximate surface area is 1000 Å². The summed E-state index contributed by atoms with van der Waals surface area (Å²) in [6, 6.07) is 51.9. The van der Waals surface area contributed by atoms with E-state index in [9.17, 15) is 46.1 Å². The molecule has 5 fully saturated rings. The van der Waals surface area contributed by atoms with E-state index in [2.05, 4.69) is 82.5 Å². The van der Waals surface area contributed by atoms with Crippen LogP contribution in [0, 0.1) is 89.7 Å². The van der Waals surface area contributed by atoms with Crippen LogP contribution in [-0.4, -0.2) is 165 Å². The van der Waals surface area contributed by atoms with Crippen LogP contribution in [0.3, 0.4) is 0 Å². The van der Waals surface area contributed by atoms with Crippen molar-refractivity contribution in [1.82, 2.24) is 4.72 Å². The standard InChI is InChI=1S/C23H28FN3OS.C17H22N2OSi.C13H13NO.C13H11NO.C10H15FNSi.C9H7NO.C4H11NOS.C4H6O.3C4H9.4C3H8O.BrH.K.Mg.H2O.Sn.Ti.2H/c1-22(2,3)29(28)27-23(12-11-16-7-8-16,18-6-4-5-17(13-18)15-25)19-9-10-20(24)21(26)14-19;1-17(2,3)21(20)19-16(10-9-13-7-8-13)15-6-4-5-14(11-15)12-18;2*1-14-12-4-2-3-11(9-12)13(15)8-7-10-5-6-10;1-12(13(2,3)4)10-8-6-5-7-9(10)11;1-7(11)8-4-3-5-9(6-8)10-2;1-4(2,3)7(5)6;5-3-4-1-2-4;3*1-3-4-2;4*1-3(2)4;;;;;;;;/h4-6,9-10,13-14,16,27H,7-8,11-12,26H2,1-3H3;4-6,11,13H,7-10H2,1-3H3;2-4,9-10H,5-8H2;2-4,7-10H,5-6H2;5,7-8H,1-4H3;3-6H,1H3;5H2,1-3H3;3-4H,1-2H2;3*1,3-4H2,2H3;4*3-4H,1-2H3;1H;;;1H2;;;;/q;;;;-1;;;;;;;;;;;;+1;+2;;;;;-1/p-1/b;;;8-7+;;;;;;;;;;;;;;;;;;;/t;;;;;;7-;;;;;;;;;;;;;;;;/m......1................/s1. The zero-order valence-electron chi connectivity index (χ0n) is 95.8. The predicted molar refractivity (Wildman–Crippen MR) is 625 cm³/mol. The maximum atomic E-state index is 13.9. The summed E-state index contributed by atoms with van der Waals surface area (Å²) in [6.45, 7) is 66.4. The smallest absolute Gasteiger partial charge is 1.00 e. The van der Waals surface area contributed by atoms with Crippen LogP contribution < -0.4 is 71.5 Å². The fraction of sp³-hybridized carbons (Fsp3) is 0.538. The molecule has 10 N–H and O–H groups in total. The van der Waals surface area contributed by atoms with Gasteiger partial charge in [0.2, 0.25) is 0 Å². The second-order valence-electron chi connectivity index (χ2n) is 42.3. The van der Waals surface area contributed by atoms with Crippen molar-refractivity contribution in [1.29, 1.82) is 10.5 Å². The molecule has 2 unspecified atom stereocenters. The Morgan fingerprint density at radius 1 is 0.607 bits per heavy atom. The van der Waals surface area contributed by atoms with Crippen LogP contribution in [0.15, 0.2) is 175 Å². The summed E-state index contributed by atoms with van der Waals surface area (Å²) < 4.78 is 77.5. The van der Waals surface area contributed by atoms with Gasteiger partial charge in [-0.2, -0.15) is 28.7 Å². The number of halogens is 3. The largest absolute Gasteiger partial charge is 2.00 e. The molecule has 5 aliphatic carbocycles. The topological polar surface area (TPSA) is 371 Å². The number of nitrogens with one attached hydrogen (secondary N) is 1. The number of rotatable bonds is 32. The van der Waals surface area contributed by atoms with Gasteiger partial charge >= 0.3 is 176 Å². The number of aliphatic hydroxyl groups is 4. The molecule has 5 aliphatic rings. The summed E-state index contributed by atoms with van der Waals surface area (Å²) in [5.74, 6) is 2.83. The molecule has 150 heavy (non-hydrogen) atoms. The minimum Gasteiger partial charge on any atom is -1.00 e. The van der Waals surface area contributed by atoms with Crippen molar-refractivity contribution in [2.45, 2.75) is 364 Å². The first-order valence-corrected chi connectivity index (χ1v) is 65.4. The normalized spacial score (nSPS) is 13.6. The summed E-state index contributed by atoms with van der Waals surface area (Å²) in [6.07, 6.45) is 30.3. The summed E-state index contributed by atoms with van der Waals surface area (Å²) >= 11 is -0.967. The number of nitrogens with two attached hydrogens (primary N) is 2.